The first-order valence-electron chi connectivity index (χ1n) is 9.76. The first-order valence-corrected chi connectivity index (χ1v) is 10.1. The summed E-state index contributed by atoms with van der Waals surface area (Å²) in [5.74, 6) is 1.68. The molecule has 1 atom stereocenters. The molecule has 2 aromatic carbocycles. The van der Waals surface area contributed by atoms with Crippen LogP contribution in [0.25, 0.3) is 0 Å². The van der Waals surface area contributed by atoms with Gasteiger partial charge in [0.15, 0.2) is 0 Å². The van der Waals surface area contributed by atoms with Crippen LogP contribution in [0.1, 0.15) is 5.56 Å². The smallest absolute Gasteiger partial charge is 0.222 e. The molecule has 1 saturated heterocycles. The zero-order valence-corrected chi connectivity index (χ0v) is 17.8. The van der Waals surface area contributed by atoms with Crippen LogP contribution in [0.3, 0.4) is 0 Å². The zero-order chi connectivity index (χ0) is 21.1. The number of rotatable bonds is 4. The molecular weight excluding hydrogens is 404 g/mol. The standard InChI is InChI=1S/C21H25ClN6O2/c1-14-6-7-15(12-18(14)22)24-20-25-19(23)26-21(27-8-10-30-11-9-27)28(20)16-4-3-5-17(13-16)29-2/h3-7,12-13,20,24H,8-11H2,1-2H3,(H2,23,25). The topological polar surface area (TPSA) is 87.7 Å². The highest BCUT2D eigenvalue weighted by Gasteiger charge is 2.32. The van der Waals surface area contributed by atoms with Gasteiger partial charge in [-0.3, -0.25) is 4.90 Å². The minimum Gasteiger partial charge on any atom is -0.497 e. The highest BCUT2D eigenvalue weighted by atomic mass is 35.5. The van der Waals surface area contributed by atoms with Gasteiger partial charge in [0.1, 0.15) is 5.75 Å². The largest absolute Gasteiger partial charge is 0.497 e. The van der Waals surface area contributed by atoms with E-state index < -0.39 is 6.29 Å². The van der Waals surface area contributed by atoms with Gasteiger partial charge < -0.3 is 25.4 Å². The van der Waals surface area contributed by atoms with Crippen molar-refractivity contribution in [3.8, 4) is 5.75 Å². The van der Waals surface area contributed by atoms with Crippen LogP contribution in [-0.4, -0.2) is 56.5 Å². The fourth-order valence-corrected chi connectivity index (χ4v) is 3.59. The van der Waals surface area contributed by atoms with Crippen molar-refractivity contribution >= 4 is 34.9 Å². The molecule has 0 aromatic heterocycles. The maximum Gasteiger partial charge on any atom is 0.222 e. The number of anilines is 2. The molecule has 0 aliphatic carbocycles. The average molecular weight is 429 g/mol. The number of aryl methyl sites for hydroxylation is 1. The number of morpholine rings is 1. The van der Waals surface area contributed by atoms with E-state index in [1.165, 1.54) is 0 Å². The molecule has 9 heteroatoms. The fourth-order valence-electron chi connectivity index (χ4n) is 3.41. The number of halogens is 1. The molecule has 0 radical (unpaired) electrons. The summed E-state index contributed by atoms with van der Waals surface area (Å²) in [5, 5.41) is 4.11. The Bertz CT molecular complexity index is 974. The molecule has 2 aliphatic heterocycles. The van der Waals surface area contributed by atoms with E-state index in [2.05, 4.69) is 20.2 Å². The molecule has 0 bridgehead atoms. The molecule has 4 rings (SSSR count). The monoisotopic (exact) mass is 428 g/mol. The maximum atomic E-state index is 6.33. The third-order valence-electron chi connectivity index (χ3n) is 5.02. The van der Waals surface area contributed by atoms with Gasteiger partial charge in [-0.1, -0.05) is 23.7 Å². The van der Waals surface area contributed by atoms with E-state index in [1.54, 1.807) is 7.11 Å². The van der Waals surface area contributed by atoms with E-state index in [1.807, 2.05) is 54.3 Å². The molecule has 2 heterocycles. The average Bonchev–Trinajstić information content (AvgIpc) is 2.76. The first kappa shape index (κ1) is 20.3. The quantitative estimate of drug-likeness (QED) is 0.778. The lowest BCUT2D eigenvalue weighted by Gasteiger charge is -2.41. The van der Waals surface area contributed by atoms with Gasteiger partial charge in [-0.05, 0) is 36.8 Å². The van der Waals surface area contributed by atoms with Crippen molar-refractivity contribution in [1.29, 1.82) is 0 Å². The number of ether oxygens (including phenoxy) is 2. The lowest BCUT2D eigenvalue weighted by Crippen LogP contribution is -2.57. The number of hydrogen-bond acceptors (Lipinski definition) is 8. The molecule has 2 aromatic rings. The maximum absolute atomic E-state index is 6.33. The van der Waals surface area contributed by atoms with Gasteiger partial charge >= 0.3 is 0 Å². The molecule has 158 valence electrons. The van der Waals surface area contributed by atoms with Crippen LogP contribution in [0.2, 0.25) is 5.02 Å². The van der Waals surface area contributed by atoms with Gasteiger partial charge in [0.05, 0.1) is 26.0 Å². The summed E-state index contributed by atoms with van der Waals surface area (Å²) in [4.78, 5) is 13.3. The van der Waals surface area contributed by atoms with E-state index in [9.17, 15) is 0 Å². The lowest BCUT2D eigenvalue weighted by atomic mass is 10.2. The molecule has 1 fully saturated rings. The number of nitrogens with one attached hydrogen (secondary N) is 1. The van der Waals surface area contributed by atoms with Gasteiger partial charge in [0, 0.05) is 29.9 Å². The van der Waals surface area contributed by atoms with Gasteiger partial charge in [-0.2, -0.15) is 4.99 Å². The number of benzene rings is 2. The number of nitrogens with two attached hydrogens (primary N) is 1. The first-order chi connectivity index (χ1) is 14.5. The Labute approximate surface area is 180 Å². The second kappa shape index (κ2) is 8.81. The van der Waals surface area contributed by atoms with Crippen molar-refractivity contribution < 1.29 is 9.47 Å². The van der Waals surface area contributed by atoms with Crippen LogP contribution < -0.4 is 20.7 Å². The van der Waals surface area contributed by atoms with E-state index in [-0.39, 0.29) is 5.96 Å². The van der Waals surface area contributed by atoms with Crippen molar-refractivity contribution in [2.45, 2.75) is 13.2 Å². The Morgan fingerprint density at radius 2 is 2.00 bits per heavy atom. The minimum absolute atomic E-state index is 0.214. The van der Waals surface area contributed by atoms with Gasteiger partial charge in [-0.15, -0.1) is 0 Å². The summed E-state index contributed by atoms with van der Waals surface area (Å²) in [6, 6.07) is 13.6. The van der Waals surface area contributed by atoms with Crippen molar-refractivity contribution in [3.63, 3.8) is 0 Å². The molecule has 0 saturated carbocycles. The van der Waals surface area contributed by atoms with Crippen molar-refractivity contribution in [3.05, 3.63) is 53.1 Å². The Morgan fingerprint density at radius 1 is 1.20 bits per heavy atom. The zero-order valence-electron chi connectivity index (χ0n) is 17.0. The van der Waals surface area contributed by atoms with Gasteiger partial charge in [0.2, 0.25) is 18.2 Å². The molecule has 1 unspecified atom stereocenters. The second-order valence-electron chi connectivity index (χ2n) is 7.05. The summed E-state index contributed by atoms with van der Waals surface area (Å²) < 4.78 is 10.9. The number of aliphatic imine (C=N–C) groups is 2. The SMILES string of the molecule is COc1cccc(N2C(N3CCOCC3)=NC(N)=NC2Nc2ccc(C)c(Cl)c2)c1. The number of methoxy groups -OCH3 is 1. The fraction of sp³-hybridized carbons (Fsp3) is 0.333. The highest BCUT2D eigenvalue weighted by molar-refractivity contribution is 6.31. The molecule has 30 heavy (non-hydrogen) atoms. The molecule has 2 aliphatic rings. The van der Waals surface area contributed by atoms with Crippen molar-refractivity contribution in [1.82, 2.24) is 4.90 Å². The summed E-state index contributed by atoms with van der Waals surface area (Å²) in [7, 11) is 1.65. The number of nitrogens with zero attached hydrogens (tertiary/aromatic N) is 4. The predicted octanol–water partition coefficient (Wildman–Crippen LogP) is 2.88. The second-order valence-corrected chi connectivity index (χ2v) is 7.46. The van der Waals surface area contributed by atoms with Gasteiger partial charge in [0.25, 0.3) is 0 Å². The molecule has 0 amide bonds. The van der Waals surface area contributed by atoms with E-state index >= 15 is 0 Å². The lowest BCUT2D eigenvalue weighted by molar-refractivity contribution is 0.0671. The number of guanidine groups is 2. The highest BCUT2D eigenvalue weighted by Crippen LogP contribution is 2.28. The Kier molecular flexibility index (Phi) is 5.96. The van der Waals surface area contributed by atoms with Crippen LogP contribution in [-0.2, 0) is 4.74 Å². The van der Waals surface area contributed by atoms with Crippen LogP contribution >= 0.6 is 11.6 Å². The van der Waals surface area contributed by atoms with Crippen LogP contribution in [0.4, 0.5) is 11.4 Å². The predicted molar refractivity (Wildman–Crippen MR) is 121 cm³/mol. The minimum atomic E-state index is -0.508. The summed E-state index contributed by atoms with van der Waals surface area (Å²) >= 11 is 6.33. The summed E-state index contributed by atoms with van der Waals surface area (Å²) in [5.41, 5.74) is 8.84. The Hall–Kier alpha value is -2.97. The van der Waals surface area contributed by atoms with E-state index in [0.717, 1.165) is 41.7 Å². The molecular formula is C21H25ClN6O2. The van der Waals surface area contributed by atoms with E-state index in [0.29, 0.717) is 18.2 Å². The Balaban J connectivity index is 1.73. The summed E-state index contributed by atoms with van der Waals surface area (Å²) in [6.07, 6.45) is -0.508. The Morgan fingerprint density at radius 3 is 2.73 bits per heavy atom. The third-order valence-corrected chi connectivity index (χ3v) is 5.43. The third kappa shape index (κ3) is 4.29. The van der Waals surface area contributed by atoms with E-state index in [4.69, 9.17) is 26.8 Å². The van der Waals surface area contributed by atoms with Crippen LogP contribution in [0.5, 0.6) is 5.75 Å². The molecule has 0 spiro atoms. The van der Waals surface area contributed by atoms with Crippen molar-refractivity contribution in [2.24, 2.45) is 15.7 Å². The number of hydrogen-bond donors (Lipinski definition) is 2. The van der Waals surface area contributed by atoms with Crippen molar-refractivity contribution in [2.75, 3.05) is 43.6 Å². The van der Waals surface area contributed by atoms with Crippen LogP contribution in [0, 0.1) is 6.92 Å². The summed E-state index contributed by atoms with van der Waals surface area (Å²) in [6.45, 7) is 4.67. The van der Waals surface area contributed by atoms with Gasteiger partial charge in [-0.25, -0.2) is 4.99 Å². The molecule has 8 nitrogen and oxygen atoms in total. The van der Waals surface area contributed by atoms with Crippen LogP contribution in [0.15, 0.2) is 52.4 Å². The normalized spacial score (nSPS) is 19.2. The molecule has 3 N–H and O–H groups in total.